The highest BCUT2D eigenvalue weighted by molar-refractivity contribution is 6.30. The number of Topliss-reactive ketones (excluding diaryl/α,β-unsaturated/α-hetero) is 1. The fourth-order valence-electron chi connectivity index (χ4n) is 4.62. The standard InChI is InChI=1S/C27H25ClO3/c1-17-4-10-21(11-5-17)26(30)16-19(3)24(25(29)20-8-14-23(28)15-9-20)27(26,31)22-12-6-18(2)7-13-22/h4-15,24,30-31H,3,16H2,1-2H3/t24?,26-,27-/m0/s1. The van der Waals surface area contributed by atoms with E-state index in [-0.39, 0.29) is 12.2 Å². The topological polar surface area (TPSA) is 57.5 Å². The first-order chi connectivity index (χ1) is 14.7. The molecule has 0 aromatic heterocycles. The second kappa shape index (κ2) is 7.76. The summed E-state index contributed by atoms with van der Waals surface area (Å²) >= 11 is 5.99. The zero-order valence-corrected chi connectivity index (χ0v) is 18.4. The van der Waals surface area contributed by atoms with Gasteiger partial charge in [-0.25, -0.2) is 0 Å². The number of ketones is 1. The van der Waals surface area contributed by atoms with Crippen LogP contribution in [-0.4, -0.2) is 16.0 Å². The van der Waals surface area contributed by atoms with Crippen molar-refractivity contribution in [1.29, 1.82) is 0 Å². The Morgan fingerprint density at radius 1 is 0.871 bits per heavy atom. The quantitative estimate of drug-likeness (QED) is 0.423. The molecule has 0 radical (unpaired) electrons. The molecule has 31 heavy (non-hydrogen) atoms. The number of aryl methyl sites for hydroxylation is 2. The van der Waals surface area contributed by atoms with Gasteiger partial charge in [0.05, 0.1) is 5.92 Å². The minimum atomic E-state index is -1.89. The summed E-state index contributed by atoms with van der Waals surface area (Å²) in [6, 6.07) is 21.2. The van der Waals surface area contributed by atoms with Gasteiger partial charge in [0.15, 0.2) is 5.78 Å². The van der Waals surface area contributed by atoms with Crippen molar-refractivity contribution < 1.29 is 15.0 Å². The van der Waals surface area contributed by atoms with Gasteiger partial charge in [-0.15, -0.1) is 0 Å². The number of benzene rings is 3. The summed E-state index contributed by atoms with van der Waals surface area (Å²) in [6.07, 6.45) is 0.0738. The van der Waals surface area contributed by atoms with Crippen molar-refractivity contribution in [3.05, 3.63) is 118 Å². The Hall–Kier alpha value is -2.72. The number of carbonyl (C=O) groups excluding carboxylic acids is 1. The molecule has 0 spiro atoms. The molecule has 0 heterocycles. The SMILES string of the molecule is C=C1C[C@](O)(c2ccc(C)cc2)[C@](O)(c2ccc(C)cc2)C1C(=O)c1ccc(Cl)cc1. The van der Waals surface area contributed by atoms with Gasteiger partial charge in [0.2, 0.25) is 0 Å². The first-order valence-electron chi connectivity index (χ1n) is 10.2. The van der Waals surface area contributed by atoms with E-state index in [1.165, 1.54) is 0 Å². The molecular weight excluding hydrogens is 408 g/mol. The van der Waals surface area contributed by atoms with Crippen LogP contribution in [0.3, 0.4) is 0 Å². The zero-order valence-electron chi connectivity index (χ0n) is 17.6. The van der Waals surface area contributed by atoms with Crippen molar-refractivity contribution in [1.82, 2.24) is 0 Å². The van der Waals surface area contributed by atoms with Crippen LogP contribution in [-0.2, 0) is 11.2 Å². The third-order valence-electron chi connectivity index (χ3n) is 6.35. The molecule has 4 heteroatoms. The van der Waals surface area contributed by atoms with E-state index in [1.54, 1.807) is 48.5 Å². The number of hydrogen-bond acceptors (Lipinski definition) is 3. The predicted octanol–water partition coefficient (Wildman–Crippen LogP) is 5.49. The van der Waals surface area contributed by atoms with Crippen LogP contribution < -0.4 is 0 Å². The van der Waals surface area contributed by atoms with Crippen LogP contribution in [0.1, 0.15) is 39.0 Å². The molecule has 0 amide bonds. The predicted molar refractivity (Wildman–Crippen MR) is 123 cm³/mol. The van der Waals surface area contributed by atoms with Gasteiger partial charge >= 0.3 is 0 Å². The fourth-order valence-corrected chi connectivity index (χ4v) is 4.75. The van der Waals surface area contributed by atoms with Crippen molar-refractivity contribution in [2.75, 3.05) is 0 Å². The average Bonchev–Trinajstić information content (AvgIpc) is 2.95. The van der Waals surface area contributed by atoms with Crippen LogP contribution in [0.5, 0.6) is 0 Å². The van der Waals surface area contributed by atoms with Crippen molar-refractivity contribution in [3.63, 3.8) is 0 Å². The van der Waals surface area contributed by atoms with Gasteiger partial charge in [0.25, 0.3) is 0 Å². The molecule has 0 saturated heterocycles. The molecule has 3 aromatic rings. The van der Waals surface area contributed by atoms with Crippen LogP contribution in [0.2, 0.25) is 5.02 Å². The summed E-state index contributed by atoms with van der Waals surface area (Å²) in [5, 5.41) is 24.8. The average molecular weight is 433 g/mol. The zero-order chi connectivity index (χ0) is 22.4. The first kappa shape index (κ1) is 21.5. The third kappa shape index (κ3) is 3.43. The third-order valence-corrected chi connectivity index (χ3v) is 6.60. The van der Waals surface area contributed by atoms with E-state index in [0.717, 1.165) is 11.1 Å². The van der Waals surface area contributed by atoms with E-state index in [9.17, 15) is 15.0 Å². The Balaban J connectivity index is 1.92. The van der Waals surface area contributed by atoms with Crippen molar-refractivity contribution in [2.45, 2.75) is 31.5 Å². The smallest absolute Gasteiger partial charge is 0.173 e. The lowest BCUT2D eigenvalue weighted by Crippen LogP contribution is -2.50. The lowest BCUT2D eigenvalue weighted by molar-refractivity contribution is -0.156. The molecule has 4 rings (SSSR count). The van der Waals surface area contributed by atoms with Gasteiger partial charge in [-0.2, -0.15) is 0 Å². The summed E-state index contributed by atoms with van der Waals surface area (Å²) in [6.45, 7) is 8.02. The van der Waals surface area contributed by atoms with E-state index in [0.29, 0.717) is 27.3 Å². The molecule has 1 fully saturated rings. The maximum absolute atomic E-state index is 13.6. The fraction of sp³-hybridized carbons (Fsp3) is 0.222. The van der Waals surface area contributed by atoms with Gasteiger partial charge in [-0.05, 0) is 49.2 Å². The second-order valence-electron chi connectivity index (χ2n) is 8.50. The minimum absolute atomic E-state index is 0.0738. The Labute approximate surface area is 187 Å². The highest BCUT2D eigenvalue weighted by Crippen LogP contribution is 2.58. The van der Waals surface area contributed by atoms with Gasteiger partial charge in [0, 0.05) is 17.0 Å². The van der Waals surface area contributed by atoms with Crippen LogP contribution in [0.15, 0.2) is 84.9 Å². The molecule has 0 aliphatic heterocycles. The first-order valence-corrected chi connectivity index (χ1v) is 10.6. The van der Waals surface area contributed by atoms with Crippen LogP contribution >= 0.6 is 11.6 Å². The van der Waals surface area contributed by atoms with Crippen molar-refractivity contribution in [3.8, 4) is 0 Å². The molecule has 3 atom stereocenters. The highest BCUT2D eigenvalue weighted by atomic mass is 35.5. The number of carbonyl (C=O) groups is 1. The van der Waals surface area contributed by atoms with Gasteiger partial charge in [-0.3, -0.25) is 4.79 Å². The maximum Gasteiger partial charge on any atom is 0.173 e. The molecule has 3 nitrogen and oxygen atoms in total. The lowest BCUT2D eigenvalue weighted by atomic mass is 9.70. The van der Waals surface area contributed by atoms with Gasteiger partial charge in [-0.1, -0.05) is 83.4 Å². The summed E-state index contributed by atoms with van der Waals surface area (Å²) < 4.78 is 0. The molecule has 0 bridgehead atoms. The summed E-state index contributed by atoms with van der Waals surface area (Å²) in [5.41, 5.74) is 0.394. The summed E-state index contributed by atoms with van der Waals surface area (Å²) in [4.78, 5) is 13.6. The molecular formula is C27H25ClO3. The van der Waals surface area contributed by atoms with Crippen molar-refractivity contribution >= 4 is 17.4 Å². The summed E-state index contributed by atoms with van der Waals surface area (Å²) in [7, 11) is 0. The molecule has 158 valence electrons. The summed E-state index contributed by atoms with van der Waals surface area (Å²) in [5.74, 6) is -1.31. The lowest BCUT2D eigenvalue weighted by Gasteiger charge is -2.41. The highest BCUT2D eigenvalue weighted by Gasteiger charge is 2.64. The van der Waals surface area contributed by atoms with Gasteiger partial charge < -0.3 is 10.2 Å². The normalized spacial score (nSPS) is 25.6. The number of rotatable bonds is 4. The maximum atomic E-state index is 13.6. The van der Waals surface area contributed by atoms with E-state index in [2.05, 4.69) is 6.58 Å². The second-order valence-corrected chi connectivity index (χ2v) is 8.93. The molecule has 1 aliphatic rings. The largest absolute Gasteiger partial charge is 0.381 e. The van der Waals surface area contributed by atoms with Crippen LogP contribution in [0.4, 0.5) is 0 Å². The number of halogens is 1. The van der Waals surface area contributed by atoms with Gasteiger partial charge in [0.1, 0.15) is 11.2 Å². The number of hydrogen-bond donors (Lipinski definition) is 2. The minimum Gasteiger partial charge on any atom is -0.381 e. The molecule has 2 N–H and O–H groups in total. The van der Waals surface area contributed by atoms with Crippen molar-refractivity contribution in [2.24, 2.45) is 5.92 Å². The Morgan fingerprint density at radius 3 is 1.87 bits per heavy atom. The molecule has 3 aromatic carbocycles. The van der Waals surface area contributed by atoms with E-state index in [1.807, 2.05) is 38.1 Å². The van der Waals surface area contributed by atoms with E-state index >= 15 is 0 Å². The Bertz CT molecular complexity index is 1130. The van der Waals surface area contributed by atoms with E-state index in [4.69, 9.17) is 11.6 Å². The Morgan fingerprint density at radius 2 is 1.35 bits per heavy atom. The monoisotopic (exact) mass is 432 g/mol. The number of aliphatic hydroxyl groups is 2. The molecule has 1 aliphatic carbocycles. The Kier molecular flexibility index (Phi) is 5.38. The van der Waals surface area contributed by atoms with Crippen LogP contribution in [0.25, 0.3) is 0 Å². The molecule has 1 unspecified atom stereocenters. The molecule has 1 saturated carbocycles. The van der Waals surface area contributed by atoms with Crippen LogP contribution in [0, 0.1) is 19.8 Å². The van der Waals surface area contributed by atoms with E-state index < -0.39 is 17.1 Å².